The maximum Gasteiger partial charge on any atom is 0.261 e. The minimum absolute atomic E-state index is 0.101. The molecule has 1 atom stereocenters. The highest BCUT2D eigenvalue weighted by molar-refractivity contribution is 5.88. The quantitative estimate of drug-likeness (QED) is 0.609. The summed E-state index contributed by atoms with van der Waals surface area (Å²) >= 11 is 0. The van der Waals surface area contributed by atoms with Crippen LogP contribution in [-0.4, -0.2) is 49.1 Å². The predicted octanol–water partition coefficient (Wildman–Crippen LogP) is 3.98. The molecule has 2 amide bonds. The third-order valence-corrected chi connectivity index (χ3v) is 6.02. The number of rotatable bonds is 10. The lowest BCUT2D eigenvalue weighted by Crippen LogP contribution is -2.52. The Labute approximate surface area is 190 Å². The van der Waals surface area contributed by atoms with Gasteiger partial charge in [0.1, 0.15) is 6.04 Å². The Morgan fingerprint density at radius 3 is 2.34 bits per heavy atom. The number of carbonyl (C=O) groups is 2. The summed E-state index contributed by atoms with van der Waals surface area (Å²) in [7, 11) is 1.56. The van der Waals surface area contributed by atoms with Crippen molar-refractivity contribution in [1.29, 1.82) is 0 Å². The summed E-state index contributed by atoms with van der Waals surface area (Å²) in [5.41, 5.74) is 1.12. The first-order valence-electron chi connectivity index (χ1n) is 11.5. The minimum Gasteiger partial charge on any atom is -0.493 e. The molecule has 0 aliphatic heterocycles. The Morgan fingerprint density at radius 1 is 1.00 bits per heavy atom. The SMILES string of the molecule is COc1ccccc1OCC(=O)N(CCc1ccccc1)C(C)C(=O)NC1CCCCC1. The Hall–Kier alpha value is -3.02. The van der Waals surface area contributed by atoms with Crippen molar-refractivity contribution in [2.75, 3.05) is 20.3 Å². The van der Waals surface area contributed by atoms with E-state index in [1.807, 2.05) is 42.5 Å². The van der Waals surface area contributed by atoms with Gasteiger partial charge in [0.05, 0.1) is 7.11 Å². The first kappa shape index (κ1) is 23.6. The number of carbonyl (C=O) groups excluding carboxylic acids is 2. The average molecular weight is 439 g/mol. The van der Waals surface area contributed by atoms with Crippen molar-refractivity contribution in [3.05, 3.63) is 60.2 Å². The third kappa shape index (κ3) is 6.74. The lowest BCUT2D eigenvalue weighted by molar-refractivity contribution is -0.141. The topological polar surface area (TPSA) is 67.9 Å². The van der Waals surface area contributed by atoms with E-state index in [4.69, 9.17) is 9.47 Å². The van der Waals surface area contributed by atoms with E-state index < -0.39 is 6.04 Å². The second-order valence-corrected chi connectivity index (χ2v) is 8.28. The van der Waals surface area contributed by atoms with Crippen LogP contribution in [0.5, 0.6) is 11.5 Å². The molecule has 0 radical (unpaired) electrons. The molecule has 0 spiro atoms. The average Bonchev–Trinajstić information content (AvgIpc) is 2.84. The number of hydrogen-bond donors (Lipinski definition) is 1. The molecule has 6 nitrogen and oxygen atoms in total. The summed E-state index contributed by atoms with van der Waals surface area (Å²) in [6, 6.07) is 16.8. The number of nitrogens with one attached hydrogen (secondary N) is 1. The van der Waals surface area contributed by atoms with Crippen LogP contribution in [0.25, 0.3) is 0 Å². The predicted molar refractivity (Wildman–Crippen MR) is 125 cm³/mol. The summed E-state index contributed by atoms with van der Waals surface area (Å²) in [5.74, 6) is 0.749. The fourth-order valence-electron chi connectivity index (χ4n) is 4.10. The van der Waals surface area contributed by atoms with Crippen molar-refractivity contribution >= 4 is 11.8 Å². The Bertz CT molecular complexity index is 865. The molecule has 1 aliphatic carbocycles. The standard InChI is InChI=1S/C26H34N2O4/c1-20(26(30)27-22-13-7-4-8-14-22)28(18-17-21-11-5-3-6-12-21)25(29)19-32-24-16-10-9-15-23(24)31-2/h3,5-6,9-12,15-16,20,22H,4,7-8,13-14,17-19H2,1-2H3,(H,27,30). The number of hydrogen-bond acceptors (Lipinski definition) is 4. The van der Waals surface area contributed by atoms with E-state index in [2.05, 4.69) is 5.32 Å². The van der Waals surface area contributed by atoms with Gasteiger partial charge in [-0.1, -0.05) is 61.7 Å². The fraction of sp³-hybridized carbons (Fsp3) is 0.462. The maximum absolute atomic E-state index is 13.2. The van der Waals surface area contributed by atoms with E-state index in [0.29, 0.717) is 24.5 Å². The smallest absolute Gasteiger partial charge is 0.261 e. The van der Waals surface area contributed by atoms with Gasteiger partial charge in [-0.15, -0.1) is 0 Å². The van der Waals surface area contributed by atoms with Crippen LogP contribution >= 0.6 is 0 Å². The molecule has 1 unspecified atom stereocenters. The number of amides is 2. The lowest BCUT2D eigenvalue weighted by Gasteiger charge is -2.31. The molecule has 3 rings (SSSR count). The molecule has 1 aliphatic rings. The summed E-state index contributed by atoms with van der Waals surface area (Å²) in [4.78, 5) is 27.8. The molecule has 2 aromatic carbocycles. The van der Waals surface area contributed by atoms with Crippen molar-refractivity contribution in [1.82, 2.24) is 10.2 Å². The van der Waals surface area contributed by atoms with Gasteiger partial charge in [0.15, 0.2) is 18.1 Å². The fourth-order valence-corrected chi connectivity index (χ4v) is 4.10. The Kier molecular flexibility index (Phi) is 8.96. The first-order valence-corrected chi connectivity index (χ1v) is 11.5. The van der Waals surface area contributed by atoms with E-state index in [1.165, 1.54) is 6.42 Å². The highest BCUT2D eigenvalue weighted by Crippen LogP contribution is 2.25. The minimum atomic E-state index is -0.575. The van der Waals surface area contributed by atoms with E-state index in [-0.39, 0.29) is 24.5 Å². The van der Waals surface area contributed by atoms with Gasteiger partial charge in [-0.25, -0.2) is 0 Å². The molecule has 32 heavy (non-hydrogen) atoms. The number of nitrogens with zero attached hydrogens (tertiary/aromatic N) is 1. The van der Waals surface area contributed by atoms with Crippen molar-refractivity contribution in [2.24, 2.45) is 0 Å². The van der Waals surface area contributed by atoms with Gasteiger partial charge in [-0.2, -0.15) is 0 Å². The van der Waals surface area contributed by atoms with Crippen LogP contribution in [0.3, 0.4) is 0 Å². The second-order valence-electron chi connectivity index (χ2n) is 8.28. The molecule has 1 fully saturated rings. The normalized spacial score (nSPS) is 14.9. The molecular weight excluding hydrogens is 404 g/mol. The highest BCUT2D eigenvalue weighted by Gasteiger charge is 2.28. The Balaban J connectivity index is 1.66. The van der Waals surface area contributed by atoms with Gasteiger partial charge in [0, 0.05) is 12.6 Å². The van der Waals surface area contributed by atoms with Crippen molar-refractivity contribution in [2.45, 2.75) is 57.5 Å². The van der Waals surface area contributed by atoms with Gasteiger partial charge in [0.25, 0.3) is 5.91 Å². The monoisotopic (exact) mass is 438 g/mol. The molecule has 2 aromatic rings. The van der Waals surface area contributed by atoms with Crippen LogP contribution in [0.1, 0.15) is 44.6 Å². The van der Waals surface area contributed by atoms with Crippen LogP contribution in [0, 0.1) is 0 Å². The molecule has 1 N–H and O–H groups in total. The molecule has 0 bridgehead atoms. The van der Waals surface area contributed by atoms with Gasteiger partial charge in [0.2, 0.25) is 5.91 Å². The molecule has 0 heterocycles. The zero-order valence-corrected chi connectivity index (χ0v) is 19.1. The van der Waals surface area contributed by atoms with Crippen LogP contribution in [0.2, 0.25) is 0 Å². The number of benzene rings is 2. The number of ether oxygens (including phenoxy) is 2. The molecule has 172 valence electrons. The summed E-state index contributed by atoms with van der Waals surface area (Å²) in [5, 5.41) is 3.15. The largest absolute Gasteiger partial charge is 0.493 e. The Morgan fingerprint density at radius 2 is 1.66 bits per heavy atom. The van der Waals surface area contributed by atoms with Crippen molar-refractivity contribution < 1.29 is 19.1 Å². The number of methoxy groups -OCH3 is 1. The summed E-state index contributed by atoms with van der Waals surface area (Å²) < 4.78 is 11.1. The molecule has 0 aromatic heterocycles. The zero-order chi connectivity index (χ0) is 22.8. The van der Waals surface area contributed by atoms with Gasteiger partial charge in [-0.05, 0) is 43.9 Å². The third-order valence-electron chi connectivity index (χ3n) is 6.02. The lowest BCUT2D eigenvalue weighted by atomic mass is 9.95. The van der Waals surface area contributed by atoms with Crippen LogP contribution in [0.15, 0.2) is 54.6 Å². The van der Waals surface area contributed by atoms with E-state index >= 15 is 0 Å². The maximum atomic E-state index is 13.2. The highest BCUT2D eigenvalue weighted by atomic mass is 16.5. The van der Waals surface area contributed by atoms with Crippen molar-refractivity contribution in [3.63, 3.8) is 0 Å². The molecule has 1 saturated carbocycles. The van der Waals surface area contributed by atoms with Crippen LogP contribution in [-0.2, 0) is 16.0 Å². The van der Waals surface area contributed by atoms with Crippen LogP contribution < -0.4 is 14.8 Å². The van der Waals surface area contributed by atoms with Crippen LogP contribution in [0.4, 0.5) is 0 Å². The summed E-state index contributed by atoms with van der Waals surface area (Å²) in [6.45, 7) is 2.08. The van der Waals surface area contributed by atoms with Crippen molar-refractivity contribution in [3.8, 4) is 11.5 Å². The second kappa shape index (κ2) is 12.1. The van der Waals surface area contributed by atoms with E-state index in [0.717, 1.165) is 31.2 Å². The molecular formula is C26H34N2O4. The number of para-hydroxylation sites is 2. The molecule has 0 saturated heterocycles. The van der Waals surface area contributed by atoms with E-state index in [1.54, 1.807) is 31.1 Å². The van der Waals surface area contributed by atoms with Gasteiger partial charge in [-0.3, -0.25) is 9.59 Å². The summed E-state index contributed by atoms with van der Waals surface area (Å²) in [6.07, 6.45) is 6.19. The molecule has 6 heteroatoms. The van der Waals surface area contributed by atoms with Gasteiger partial charge >= 0.3 is 0 Å². The van der Waals surface area contributed by atoms with Gasteiger partial charge < -0.3 is 19.7 Å². The van der Waals surface area contributed by atoms with E-state index in [9.17, 15) is 9.59 Å². The zero-order valence-electron chi connectivity index (χ0n) is 19.1. The first-order chi connectivity index (χ1) is 15.6.